The third kappa shape index (κ3) is 4.49. The summed E-state index contributed by atoms with van der Waals surface area (Å²) in [7, 11) is -3.74. The molecule has 0 aliphatic carbocycles. The van der Waals surface area contributed by atoms with Gasteiger partial charge in [-0.3, -0.25) is 9.10 Å². The Morgan fingerprint density at radius 2 is 1.75 bits per heavy atom. The van der Waals surface area contributed by atoms with E-state index in [0.29, 0.717) is 35.7 Å². The first-order valence-corrected chi connectivity index (χ1v) is 12.0. The van der Waals surface area contributed by atoms with Crippen molar-refractivity contribution < 1.29 is 17.6 Å². The molecule has 0 spiro atoms. The number of hydrogen-bond acceptors (Lipinski definition) is 3. The van der Waals surface area contributed by atoms with E-state index in [0.717, 1.165) is 11.1 Å². The van der Waals surface area contributed by atoms with Gasteiger partial charge in [-0.2, -0.15) is 0 Å². The standard InChI is InChI=1S/C24H22ClFN2O3S/c1-16(17-4-9-21(26)10-5-17)27-24(29)19-6-13-23-18(15-19)3-2-14-28(23)32(30,31)22-11-7-20(25)8-12-22/h4-13,15-16H,2-3,14H2,1H3,(H,27,29)/t16-/m1/s1. The van der Waals surface area contributed by atoms with Crippen molar-refractivity contribution in [2.45, 2.75) is 30.7 Å². The number of hydrogen-bond donors (Lipinski definition) is 1. The molecule has 4 rings (SSSR count). The fourth-order valence-corrected chi connectivity index (χ4v) is 5.47. The molecule has 1 N–H and O–H groups in total. The van der Waals surface area contributed by atoms with Gasteiger partial charge in [0.2, 0.25) is 0 Å². The van der Waals surface area contributed by atoms with Crippen LogP contribution < -0.4 is 9.62 Å². The molecule has 0 radical (unpaired) electrons. The first kappa shape index (κ1) is 22.3. The predicted molar refractivity (Wildman–Crippen MR) is 123 cm³/mol. The molecule has 0 saturated carbocycles. The van der Waals surface area contributed by atoms with E-state index >= 15 is 0 Å². The summed E-state index contributed by atoms with van der Waals surface area (Å²) in [6.07, 6.45) is 1.33. The van der Waals surface area contributed by atoms with Crippen LogP contribution in [0.25, 0.3) is 0 Å². The van der Waals surface area contributed by atoms with Crippen LogP contribution in [0.4, 0.5) is 10.1 Å². The number of sulfonamides is 1. The fraction of sp³-hybridized carbons (Fsp3) is 0.208. The summed E-state index contributed by atoms with van der Waals surface area (Å²) in [4.78, 5) is 13.0. The molecule has 1 heterocycles. The van der Waals surface area contributed by atoms with E-state index in [1.54, 1.807) is 42.5 Å². The van der Waals surface area contributed by atoms with E-state index in [1.165, 1.54) is 28.6 Å². The second-order valence-electron chi connectivity index (χ2n) is 7.72. The minimum absolute atomic E-state index is 0.171. The highest BCUT2D eigenvalue weighted by atomic mass is 35.5. The lowest BCUT2D eigenvalue weighted by molar-refractivity contribution is 0.0940. The topological polar surface area (TPSA) is 66.5 Å². The summed E-state index contributed by atoms with van der Waals surface area (Å²) < 4.78 is 40.9. The maximum absolute atomic E-state index is 13.2. The average Bonchev–Trinajstić information content (AvgIpc) is 2.79. The van der Waals surface area contributed by atoms with Gasteiger partial charge in [-0.1, -0.05) is 23.7 Å². The number of carbonyl (C=O) groups excluding carboxylic acids is 1. The number of fused-ring (bicyclic) bond motifs is 1. The molecule has 8 heteroatoms. The number of anilines is 1. The summed E-state index contributed by atoms with van der Waals surface area (Å²) in [5, 5.41) is 3.37. The van der Waals surface area contributed by atoms with Crippen molar-refractivity contribution in [3.05, 3.63) is 94.3 Å². The van der Waals surface area contributed by atoms with Crippen molar-refractivity contribution in [1.82, 2.24) is 5.32 Å². The molecule has 1 aliphatic heterocycles. The monoisotopic (exact) mass is 472 g/mol. The zero-order valence-electron chi connectivity index (χ0n) is 17.4. The van der Waals surface area contributed by atoms with Crippen molar-refractivity contribution in [1.29, 1.82) is 0 Å². The molecule has 0 saturated heterocycles. The van der Waals surface area contributed by atoms with Crippen molar-refractivity contribution in [3.63, 3.8) is 0 Å². The zero-order chi connectivity index (χ0) is 22.9. The zero-order valence-corrected chi connectivity index (χ0v) is 19.0. The Balaban J connectivity index is 1.57. The summed E-state index contributed by atoms with van der Waals surface area (Å²) in [5.41, 5.74) is 2.62. The lowest BCUT2D eigenvalue weighted by Gasteiger charge is -2.31. The van der Waals surface area contributed by atoms with Gasteiger partial charge in [0.05, 0.1) is 16.6 Å². The second kappa shape index (κ2) is 8.92. The number of nitrogens with one attached hydrogen (secondary N) is 1. The number of benzene rings is 3. The molecule has 0 aromatic heterocycles. The smallest absolute Gasteiger partial charge is 0.264 e. The van der Waals surface area contributed by atoms with Crippen LogP contribution >= 0.6 is 11.6 Å². The first-order chi connectivity index (χ1) is 15.3. The van der Waals surface area contributed by atoms with Crippen LogP contribution in [0.5, 0.6) is 0 Å². The highest BCUT2D eigenvalue weighted by molar-refractivity contribution is 7.92. The highest BCUT2D eigenvalue weighted by Gasteiger charge is 2.29. The van der Waals surface area contributed by atoms with Crippen LogP contribution in [-0.2, 0) is 16.4 Å². The molecule has 166 valence electrons. The molecule has 5 nitrogen and oxygen atoms in total. The molecule has 1 atom stereocenters. The van der Waals surface area contributed by atoms with E-state index in [2.05, 4.69) is 5.32 Å². The normalized spacial score (nSPS) is 14.5. The Labute approximate surface area is 191 Å². The largest absolute Gasteiger partial charge is 0.346 e. The maximum atomic E-state index is 13.2. The Morgan fingerprint density at radius 3 is 2.44 bits per heavy atom. The molecular weight excluding hydrogens is 451 g/mol. The Kier molecular flexibility index (Phi) is 6.22. The summed E-state index contributed by atoms with van der Waals surface area (Å²) in [6, 6.07) is 16.8. The van der Waals surface area contributed by atoms with Gasteiger partial charge in [-0.05, 0) is 85.5 Å². The minimum atomic E-state index is -3.74. The molecule has 1 amide bonds. The van der Waals surface area contributed by atoms with Gasteiger partial charge < -0.3 is 5.32 Å². The number of rotatable bonds is 5. The highest BCUT2D eigenvalue weighted by Crippen LogP contribution is 2.33. The van der Waals surface area contributed by atoms with Gasteiger partial charge in [0.25, 0.3) is 15.9 Å². The van der Waals surface area contributed by atoms with Crippen LogP contribution in [-0.4, -0.2) is 20.9 Å². The lowest BCUT2D eigenvalue weighted by atomic mass is 10.00. The average molecular weight is 473 g/mol. The van der Waals surface area contributed by atoms with Gasteiger partial charge in [0.1, 0.15) is 5.82 Å². The Hall–Kier alpha value is -2.90. The van der Waals surface area contributed by atoms with Gasteiger partial charge in [-0.15, -0.1) is 0 Å². The third-order valence-electron chi connectivity index (χ3n) is 5.54. The number of carbonyl (C=O) groups is 1. The molecule has 0 fully saturated rings. The molecule has 3 aromatic rings. The van der Waals surface area contributed by atoms with E-state index in [9.17, 15) is 17.6 Å². The van der Waals surface area contributed by atoms with Crippen LogP contribution in [0.2, 0.25) is 5.02 Å². The summed E-state index contributed by atoms with van der Waals surface area (Å²) in [5.74, 6) is -0.609. The first-order valence-electron chi connectivity index (χ1n) is 10.2. The maximum Gasteiger partial charge on any atom is 0.264 e. The predicted octanol–water partition coefficient (Wildman–Crippen LogP) is 5.11. The van der Waals surface area contributed by atoms with Crippen molar-refractivity contribution >= 4 is 33.2 Å². The van der Waals surface area contributed by atoms with Crippen LogP contribution in [0, 0.1) is 5.82 Å². The van der Waals surface area contributed by atoms with Gasteiger partial charge in [0, 0.05) is 17.1 Å². The molecular formula is C24H22ClFN2O3S. The number of amides is 1. The van der Waals surface area contributed by atoms with Gasteiger partial charge >= 0.3 is 0 Å². The molecule has 0 unspecified atom stereocenters. The molecule has 0 bridgehead atoms. The van der Waals surface area contributed by atoms with Gasteiger partial charge in [0.15, 0.2) is 0 Å². The lowest BCUT2D eigenvalue weighted by Crippen LogP contribution is -2.35. The molecule has 32 heavy (non-hydrogen) atoms. The second-order valence-corrected chi connectivity index (χ2v) is 10.0. The van der Waals surface area contributed by atoms with E-state index in [4.69, 9.17) is 11.6 Å². The van der Waals surface area contributed by atoms with Crippen LogP contribution in [0.3, 0.4) is 0 Å². The third-order valence-corrected chi connectivity index (χ3v) is 7.62. The minimum Gasteiger partial charge on any atom is -0.346 e. The van der Waals surface area contributed by atoms with Crippen molar-refractivity contribution in [2.75, 3.05) is 10.8 Å². The Morgan fingerprint density at radius 1 is 1.06 bits per heavy atom. The van der Waals surface area contributed by atoms with E-state index in [1.807, 2.05) is 6.92 Å². The number of aryl methyl sites for hydroxylation is 1. The quantitative estimate of drug-likeness (QED) is 0.561. The number of nitrogens with zero attached hydrogens (tertiary/aromatic N) is 1. The SMILES string of the molecule is C[C@@H](NC(=O)c1ccc2c(c1)CCCN2S(=O)(=O)c1ccc(Cl)cc1)c1ccc(F)cc1. The summed E-state index contributed by atoms with van der Waals surface area (Å²) >= 11 is 5.89. The van der Waals surface area contributed by atoms with Crippen molar-refractivity contribution in [2.24, 2.45) is 0 Å². The summed E-state index contributed by atoms with van der Waals surface area (Å²) in [6.45, 7) is 2.19. The molecule has 3 aromatic carbocycles. The molecule has 1 aliphatic rings. The van der Waals surface area contributed by atoms with Crippen molar-refractivity contribution in [3.8, 4) is 0 Å². The Bertz CT molecular complexity index is 1250. The van der Waals surface area contributed by atoms with E-state index < -0.39 is 10.0 Å². The van der Waals surface area contributed by atoms with Crippen LogP contribution in [0.15, 0.2) is 71.6 Å². The number of halogens is 2. The fourth-order valence-electron chi connectivity index (χ4n) is 3.80. The van der Waals surface area contributed by atoms with Gasteiger partial charge in [-0.25, -0.2) is 12.8 Å². The van der Waals surface area contributed by atoms with Crippen LogP contribution in [0.1, 0.15) is 40.9 Å². The van der Waals surface area contributed by atoms with E-state index in [-0.39, 0.29) is 22.7 Å².